The molecule has 0 radical (unpaired) electrons. The largest absolute Gasteiger partial charge is 0.508 e. The van der Waals surface area contributed by atoms with Crippen molar-refractivity contribution < 1.29 is 19.4 Å². The molecule has 0 saturated heterocycles. The first-order valence-corrected chi connectivity index (χ1v) is 11.9. The molecular weight excluding hydrogens is 452 g/mol. The van der Waals surface area contributed by atoms with Crippen LogP contribution in [0.15, 0.2) is 99.2 Å². The summed E-state index contributed by atoms with van der Waals surface area (Å²) < 4.78 is 4.99. The summed E-state index contributed by atoms with van der Waals surface area (Å²) in [5, 5.41) is 12.7. The molecule has 1 amide bonds. The number of amides is 1. The molecule has 1 heterocycles. The summed E-state index contributed by atoms with van der Waals surface area (Å²) in [6, 6.07) is 14.7. The van der Waals surface area contributed by atoms with E-state index >= 15 is 0 Å². The van der Waals surface area contributed by atoms with Gasteiger partial charge < -0.3 is 20.1 Å². The third-order valence-corrected chi connectivity index (χ3v) is 5.02. The Morgan fingerprint density at radius 1 is 0.917 bits per heavy atom. The minimum absolute atomic E-state index is 0.0399. The normalized spacial score (nSPS) is 11.2. The van der Waals surface area contributed by atoms with Gasteiger partial charge in [0.1, 0.15) is 11.5 Å². The molecule has 0 aromatic heterocycles. The second-order valence-corrected chi connectivity index (χ2v) is 7.82. The van der Waals surface area contributed by atoms with Gasteiger partial charge in [-0.05, 0) is 36.1 Å². The van der Waals surface area contributed by atoms with Crippen LogP contribution in [0.25, 0.3) is 0 Å². The van der Waals surface area contributed by atoms with Gasteiger partial charge in [0.05, 0.1) is 6.42 Å². The maximum atomic E-state index is 12.0. The van der Waals surface area contributed by atoms with E-state index in [1.807, 2.05) is 48.6 Å². The number of ether oxygens (including phenoxy) is 1. The maximum absolute atomic E-state index is 12.0. The lowest BCUT2D eigenvalue weighted by atomic mass is 10.1. The zero-order valence-electron chi connectivity index (χ0n) is 21.0. The number of carbonyl (C=O) groups excluding carboxylic acids is 2. The number of fused-ring (bicyclic) bond motifs is 1. The lowest BCUT2D eigenvalue weighted by Crippen LogP contribution is -2.31. The molecule has 0 aliphatic carbocycles. The van der Waals surface area contributed by atoms with Crippen molar-refractivity contribution in [3.63, 3.8) is 0 Å². The van der Waals surface area contributed by atoms with Gasteiger partial charge in [0.2, 0.25) is 5.91 Å². The highest BCUT2D eigenvalue weighted by Crippen LogP contribution is 2.23. The van der Waals surface area contributed by atoms with Gasteiger partial charge in [0.25, 0.3) is 0 Å². The third kappa shape index (κ3) is 12.0. The Labute approximate surface area is 215 Å². The van der Waals surface area contributed by atoms with E-state index in [1.165, 1.54) is 0 Å². The van der Waals surface area contributed by atoms with Crippen LogP contribution in [0, 0.1) is 0 Å². The first-order valence-electron chi connectivity index (χ1n) is 11.9. The molecule has 0 fully saturated rings. The number of phenols is 1. The van der Waals surface area contributed by atoms with Gasteiger partial charge in [-0.1, -0.05) is 60.7 Å². The smallest absolute Gasteiger partial charge is 0.311 e. The molecule has 192 valence electrons. The van der Waals surface area contributed by atoms with Crippen LogP contribution in [0.3, 0.4) is 0 Å². The third-order valence-electron chi connectivity index (χ3n) is 5.02. The molecule has 6 heteroatoms. The fraction of sp³-hybridized carbons (Fsp3) is 0.267. The summed E-state index contributed by atoms with van der Waals surface area (Å²) >= 11 is 0. The van der Waals surface area contributed by atoms with Crippen LogP contribution in [0.4, 0.5) is 0 Å². The molecule has 6 nitrogen and oxygen atoms in total. The van der Waals surface area contributed by atoms with E-state index in [0.717, 1.165) is 36.4 Å². The van der Waals surface area contributed by atoms with E-state index in [9.17, 15) is 14.7 Å². The molecule has 0 spiro atoms. The van der Waals surface area contributed by atoms with Crippen molar-refractivity contribution in [1.82, 2.24) is 10.2 Å². The van der Waals surface area contributed by atoms with Crippen molar-refractivity contribution >= 4 is 11.9 Å². The average molecular weight is 491 g/mol. The molecule has 2 aromatic carbocycles. The number of benzene rings is 2. The van der Waals surface area contributed by atoms with Gasteiger partial charge in [-0.3, -0.25) is 9.59 Å². The summed E-state index contributed by atoms with van der Waals surface area (Å²) in [6.07, 6.45) is 9.28. The lowest BCUT2D eigenvalue weighted by Gasteiger charge is -2.19. The van der Waals surface area contributed by atoms with E-state index in [4.69, 9.17) is 4.74 Å². The van der Waals surface area contributed by atoms with Crippen LogP contribution in [0.1, 0.15) is 24.0 Å². The summed E-state index contributed by atoms with van der Waals surface area (Å²) in [7, 11) is 0. The molecule has 0 unspecified atom stereocenters. The molecule has 1 aliphatic heterocycles. The highest BCUT2D eigenvalue weighted by Gasteiger charge is 2.15. The van der Waals surface area contributed by atoms with E-state index in [1.54, 1.807) is 29.2 Å². The number of aromatic hydroxyl groups is 1. The number of rotatable bonds is 11. The summed E-state index contributed by atoms with van der Waals surface area (Å²) in [4.78, 5) is 24.4. The Morgan fingerprint density at radius 2 is 1.53 bits per heavy atom. The van der Waals surface area contributed by atoms with Crippen molar-refractivity contribution in [2.24, 2.45) is 0 Å². The predicted octanol–water partition coefficient (Wildman–Crippen LogP) is 5.01. The first-order chi connectivity index (χ1) is 17.5. The first kappa shape index (κ1) is 30.1. The maximum Gasteiger partial charge on any atom is 0.311 e. The lowest BCUT2D eigenvalue weighted by molar-refractivity contribution is -0.135. The molecule has 0 bridgehead atoms. The second-order valence-electron chi connectivity index (χ2n) is 7.82. The Kier molecular flexibility index (Phi) is 15.4. The Balaban J connectivity index is 0.000000304. The highest BCUT2D eigenvalue weighted by atomic mass is 16.5. The van der Waals surface area contributed by atoms with Crippen LogP contribution in [0.2, 0.25) is 0 Å². The van der Waals surface area contributed by atoms with Gasteiger partial charge >= 0.3 is 5.97 Å². The minimum atomic E-state index is -0.122. The summed E-state index contributed by atoms with van der Waals surface area (Å²) in [5.41, 5.74) is 1.93. The van der Waals surface area contributed by atoms with Crippen LogP contribution >= 0.6 is 0 Å². The fourth-order valence-corrected chi connectivity index (χ4v) is 3.22. The molecule has 2 N–H and O–H groups in total. The molecule has 1 aliphatic rings. The number of aryl methyl sites for hydroxylation is 2. The summed E-state index contributed by atoms with van der Waals surface area (Å²) in [6.45, 7) is 17.1. The summed E-state index contributed by atoms with van der Waals surface area (Å²) in [5.74, 6) is 0.884. The van der Waals surface area contributed by atoms with E-state index in [-0.39, 0.29) is 17.6 Å². The van der Waals surface area contributed by atoms with Crippen molar-refractivity contribution in [2.45, 2.75) is 25.7 Å². The number of esters is 1. The van der Waals surface area contributed by atoms with Crippen LogP contribution in [-0.4, -0.2) is 48.1 Å². The predicted molar refractivity (Wildman–Crippen MR) is 147 cm³/mol. The van der Waals surface area contributed by atoms with E-state index < -0.39 is 0 Å². The Bertz CT molecular complexity index is 982. The number of phenolic OH excluding ortho intramolecular Hbond substituents is 1. The number of carbonyl (C=O) groups is 2. The molecule has 0 saturated carbocycles. The van der Waals surface area contributed by atoms with Crippen molar-refractivity contribution in [3.8, 4) is 11.5 Å². The van der Waals surface area contributed by atoms with Crippen LogP contribution in [0.5, 0.6) is 11.5 Å². The van der Waals surface area contributed by atoms with Crippen molar-refractivity contribution in [1.29, 1.82) is 0 Å². The van der Waals surface area contributed by atoms with Crippen LogP contribution < -0.4 is 10.1 Å². The van der Waals surface area contributed by atoms with Crippen molar-refractivity contribution in [2.75, 3.05) is 26.2 Å². The minimum Gasteiger partial charge on any atom is -0.508 e. The van der Waals surface area contributed by atoms with Gasteiger partial charge in [-0.25, -0.2) is 0 Å². The van der Waals surface area contributed by atoms with Gasteiger partial charge in [-0.15, -0.1) is 26.3 Å². The number of hydrogen-bond acceptors (Lipinski definition) is 5. The fourth-order valence-electron chi connectivity index (χ4n) is 3.22. The number of hydrogen-bond donors (Lipinski definition) is 2. The molecule has 2 aromatic rings. The molecule has 0 atom stereocenters. The average Bonchev–Trinajstić information content (AvgIpc) is 2.89. The number of nitrogens with zero attached hydrogens (tertiary/aromatic N) is 1. The molecule has 36 heavy (non-hydrogen) atoms. The Hall–Kier alpha value is -3.90. The molecule has 3 rings (SSSR count). The van der Waals surface area contributed by atoms with Gasteiger partial charge in [0.15, 0.2) is 0 Å². The van der Waals surface area contributed by atoms with E-state index in [0.29, 0.717) is 32.4 Å². The number of nitrogens with one attached hydrogen (secondary N) is 1. The second kappa shape index (κ2) is 18.4. The quantitative estimate of drug-likeness (QED) is 0.200. The highest BCUT2D eigenvalue weighted by molar-refractivity contribution is 5.77. The topological polar surface area (TPSA) is 78.9 Å². The molecular formula is C30H38N2O4. The van der Waals surface area contributed by atoms with Crippen molar-refractivity contribution in [3.05, 3.63) is 110 Å². The van der Waals surface area contributed by atoms with Gasteiger partial charge in [0, 0.05) is 32.6 Å². The standard InChI is InChI=1S/C15H19NO2.C9H8O2.C6H11N/c1-3-11-16(12-4-2)15(18)10-9-13-7-5-6-8-14(13)17;10-9-6-5-7-3-1-2-4-8(7)11-9;1-3-5-7-6-4-2/h3-8,17H,1-2,9-12H2;1-4H,5-6H2;3-4,7H,1-2,5-6H2. The number of para-hydroxylation sites is 2. The van der Waals surface area contributed by atoms with Gasteiger partial charge in [-0.2, -0.15) is 0 Å². The van der Waals surface area contributed by atoms with Crippen LogP contribution in [-0.2, 0) is 22.4 Å². The monoisotopic (exact) mass is 490 g/mol. The zero-order valence-corrected chi connectivity index (χ0v) is 21.0. The zero-order chi connectivity index (χ0) is 26.6. The Morgan fingerprint density at radius 3 is 2.14 bits per heavy atom. The SMILES string of the molecule is C=CCN(CC=C)C(=O)CCc1ccccc1O.C=CCNCC=C.O=C1CCc2ccccc2O1. The van der Waals surface area contributed by atoms with E-state index in [2.05, 4.69) is 31.6 Å².